The van der Waals surface area contributed by atoms with Crippen molar-refractivity contribution < 1.29 is 4.74 Å². The van der Waals surface area contributed by atoms with Crippen LogP contribution in [0, 0.1) is 0 Å². The first-order chi connectivity index (χ1) is 5.08. The molecule has 0 fully saturated rings. The van der Waals surface area contributed by atoms with E-state index in [0.717, 1.165) is 6.42 Å². The highest BCUT2D eigenvalue weighted by molar-refractivity contribution is 4.91. The van der Waals surface area contributed by atoms with Gasteiger partial charge in [-0.05, 0) is 40.0 Å². The van der Waals surface area contributed by atoms with E-state index in [1.165, 1.54) is 12.8 Å². The van der Waals surface area contributed by atoms with Crippen molar-refractivity contribution in [1.82, 2.24) is 0 Å². The summed E-state index contributed by atoms with van der Waals surface area (Å²) in [6.07, 6.45) is 8.38. The number of hydrogen-bond acceptors (Lipinski definition) is 1. The zero-order valence-electron chi connectivity index (χ0n) is 7.76. The minimum atomic E-state index is 0.0237. The first kappa shape index (κ1) is 8.79. The van der Waals surface area contributed by atoms with Crippen molar-refractivity contribution in [3.05, 3.63) is 12.2 Å². The van der Waals surface area contributed by atoms with Gasteiger partial charge in [-0.25, -0.2) is 0 Å². The van der Waals surface area contributed by atoms with Gasteiger partial charge in [-0.3, -0.25) is 0 Å². The molecule has 0 aromatic carbocycles. The summed E-state index contributed by atoms with van der Waals surface area (Å²) in [6.45, 7) is 6.35. The fourth-order valence-corrected chi connectivity index (χ4v) is 1.37. The van der Waals surface area contributed by atoms with E-state index in [9.17, 15) is 0 Å². The average Bonchev–Trinajstić information content (AvgIpc) is 1.85. The third-order valence-electron chi connectivity index (χ3n) is 1.74. The topological polar surface area (TPSA) is 9.23 Å². The molecule has 0 spiro atoms. The van der Waals surface area contributed by atoms with Crippen LogP contribution in [0.5, 0.6) is 0 Å². The van der Waals surface area contributed by atoms with Crippen LogP contribution in [0.3, 0.4) is 0 Å². The van der Waals surface area contributed by atoms with Gasteiger partial charge >= 0.3 is 0 Å². The van der Waals surface area contributed by atoms with E-state index in [2.05, 4.69) is 32.9 Å². The molecule has 0 aliphatic heterocycles. The fraction of sp³-hybridized carbons (Fsp3) is 0.800. The quantitative estimate of drug-likeness (QED) is 0.528. The summed E-state index contributed by atoms with van der Waals surface area (Å²) in [5.41, 5.74) is 0.0237. The Morgan fingerprint density at radius 2 is 2.00 bits per heavy atom. The van der Waals surface area contributed by atoms with Crippen LogP contribution >= 0.6 is 0 Å². The van der Waals surface area contributed by atoms with E-state index in [1.54, 1.807) is 0 Å². The second-order valence-electron chi connectivity index (χ2n) is 4.14. The number of ether oxygens (including phenoxy) is 1. The van der Waals surface area contributed by atoms with Crippen molar-refractivity contribution >= 4 is 0 Å². The lowest BCUT2D eigenvalue weighted by atomic mass is 10.0. The first-order valence-corrected chi connectivity index (χ1v) is 4.41. The molecule has 0 amide bonds. The number of hydrogen-bond donors (Lipinski definition) is 0. The molecule has 64 valence electrons. The van der Waals surface area contributed by atoms with Crippen molar-refractivity contribution in [2.45, 2.75) is 51.7 Å². The van der Waals surface area contributed by atoms with E-state index < -0.39 is 0 Å². The first-order valence-electron chi connectivity index (χ1n) is 4.41. The minimum absolute atomic E-state index is 0.0237. The van der Waals surface area contributed by atoms with E-state index in [-0.39, 0.29) is 5.60 Å². The van der Waals surface area contributed by atoms with Gasteiger partial charge in [0.15, 0.2) is 0 Å². The summed E-state index contributed by atoms with van der Waals surface area (Å²) in [5, 5.41) is 0. The molecule has 0 aromatic heterocycles. The van der Waals surface area contributed by atoms with Gasteiger partial charge in [0.1, 0.15) is 0 Å². The lowest BCUT2D eigenvalue weighted by Gasteiger charge is -2.28. The molecule has 1 atom stereocenters. The van der Waals surface area contributed by atoms with Crippen LogP contribution in [-0.4, -0.2) is 11.7 Å². The predicted octanol–water partition coefficient (Wildman–Crippen LogP) is 2.91. The Morgan fingerprint density at radius 3 is 2.45 bits per heavy atom. The molecule has 1 aliphatic rings. The van der Waals surface area contributed by atoms with Gasteiger partial charge in [0.05, 0.1) is 11.7 Å². The van der Waals surface area contributed by atoms with Crippen molar-refractivity contribution in [3.8, 4) is 0 Å². The van der Waals surface area contributed by atoms with Gasteiger partial charge in [-0.1, -0.05) is 12.2 Å². The van der Waals surface area contributed by atoms with E-state index in [0.29, 0.717) is 6.10 Å². The summed E-state index contributed by atoms with van der Waals surface area (Å²) in [5.74, 6) is 0. The number of allylic oxidation sites excluding steroid dienone is 1. The summed E-state index contributed by atoms with van der Waals surface area (Å²) >= 11 is 0. The molecule has 0 N–H and O–H groups in total. The highest BCUT2D eigenvalue weighted by atomic mass is 16.5. The second-order valence-corrected chi connectivity index (χ2v) is 4.14. The molecule has 0 radical (unpaired) electrons. The maximum atomic E-state index is 5.83. The summed E-state index contributed by atoms with van der Waals surface area (Å²) in [6, 6.07) is 0. The van der Waals surface area contributed by atoms with Crippen molar-refractivity contribution in [2.75, 3.05) is 0 Å². The smallest absolute Gasteiger partial charge is 0.0619 e. The molecule has 1 unspecified atom stereocenters. The van der Waals surface area contributed by atoms with Crippen LogP contribution in [0.2, 0.25) is 0 Å². The Kier molecular flexibility index (Phi) is 2.72. The molecule has 11 heavy (non-hydrogen) atoms. The molecule has 0 aromatic rings. The Hall–Kier alpha value is -0.300. The van der Waals surface area contributed by atoms with Crippen LogP contribution < -0.4 is 0 Å². The largest absolute Gasteiger partial charge is 0.372 e. The molecule has 1 aliphatic carbocycles. The van der Waals surface area contributed by atoms with Crippen LogP contribution in [0.4, 0.5) is 0 Å². The molecule has 0 saturated carbocycles. The van der Waals surface area contributed by atoms with Crippen LogP contribution in [0.25, 0.3) is 0 Å². The molecule has 1 heteroatoms. The standard InChI is InChI=1S/C10H18O/c1-10(2,3)11-9-7-5-4-6-8-9/h4-5,9H,6-8H2,1-3H3. The summed E-state index contributed by atoms with van der Waals surface area (Å²) < 4.78 is 5.83. The second kappa shape index (κ2) is 3.40. The van der Waals surface area contributed by atoms with E-state index >= 15 is 0 Å². The molecule has 1 rings (SSSR count). The van der Waals surface area contributed by atoms with Gasteiger partial charge < -0.3 is 4.74 Å². The zero-order chi connectivity index (χ0) is 8.32. The Morgan fingerprint density at radius 1 is 1.27 bits per heavy atom. The monoisotopic (exact) mass is 154 g/mol. The summed E-state index contributed by atoms with van der Waals surface area (Å²) in [4.78, 5) is 0. The Labute approximate surface area is 69.4 Å². The van der Waals surface area contributed by atoms with Crippen LogP contribution in [0.1, 0.15) is 40.0 Å². The highest BCUT2D eigenvalue weighted by Gasteiger charge is 2.18. The Balaban J connectivity index is 2.32. The van der Waals surface area contributed by atoms with Crippen LogP contribution in [-0.2, 0) is 4.74 Å². The van der Waals surface area contributed by atoms with E-state index in [1.807, 2.05) is 0 Å². The van der Waals surface area contributed by atoms with Gasteiger partial charge in [0.25, 0.3) is 0 Å². The normalized spacial score (nSPS) is 25.5. The maximum Gasteiger partial charge on any atom is 0.0619 e. The van der Waals surface area contributed by atoms with Crippen molar-refractivity contribution in [2.24, 2.45) is 0 Å². The predicted molar refractivity (Wildman–Crippen MR) is 47.6 cm³/mol. The zero-order valence-corrected chi connectivity index (χ0v) is 7.76. The van der Waals surface area contributed by atoms with Gasteiger partial charge in [0, 0.05) is 0 Å². The maximum absolute atomic E-state index is 5.83. The highest BCUT2D eigenvalue weighted by Crippen LogP contribution is 2.20. The van der Waals surface area contributed by atoms with Crippen molar-refractivity contribution in [1.29, 1.82) is 0 Å². The lowest BCUT2D eigenvalue weighted by molar-refractivity contribution is -0.0623. The van der Waals surface area contributed by atoms with Crippen LogP contribution in [0.15, 0.2) is 12.2 Å². The average molecular weight is 154 g/mol. The van der Waals surface area contributed by atoms with Crippen molar-refractivity contribution in [3.63, 3.8) is 0 Å². The van der Waals surface area contributed by atoms with Gasteiger partial charge in [-0.15, -0.1) is 0 Å². The van der Waals surface area contributed by atoms with Gasteiger partial charge in [-0.2, -0.15) is 0 Å². The summed E-state index contributed by atoms with van der Waals surface area (Å²) in [7, 11) is 0. The SMILES string of the molecule is CC(C)(C)OC1CC=CCC1. The molecule has 0 heterocycles. The number of rotatable bonds is 1. The molecule has 1 nitrogen and oxygen atoms in total. The third kappa shape index (κ3) is 3.57. The molecular weight excluding hydrogens is 136 g/mol. The third-order valence-corrected chi connectivity index (χ3v) is 1.74. The molecule has 0 bridgehead atoms. The van der Waals surface area contributed by atoms with Gasteiger partial charge in [0.2, 0.25) is 0 Å². The molecular formula is C10H18O. The Bertz CT molecular complexity index is 141. The minimum Gasteiger partial charge on any atom is -0.372 e. The van der Waals surface area contributed by atoms with E-state index in [4.69, 9.17) is 4.74 Å². The molecule has 0 saturated heterocycles. The lowest BCUT2D eigenvalue weighted by Crippen LogP contribution is -2.27. The fourth-order valence-electron chi connectivity index (χ4n) is 1.37.